The van der Waals surface area contributed by atoms with E-state index in [1.165, 1.54) is 51.4 Å². The third-order valence-corrected chi connectivity index (χ3v) is 8.84. The van der Waals surface area contributed by atoms with Crippen LogP contribution in [0.15, 0.2) is 24.3 Å². The fourth-order valence-corrected chi connectivity index (χ4v) is 5.89. The Balaban J connectivity index is 4.29. The van der Waals surface area contributed by atoms with E-state index in [2.05, 4.69) is 26.0 Å². The van der Waals surface area contributed by atoms with Crippen molar-refractivity contribution in [3.05, 3.63) is 24.3 Å². The number of ether oxygens (including phenoxy) is 5. The smallest absolute Gasteiger partial charge is 0.306 e. The second-order valence-corrected chi connectivity index (χ2v) is 13.7. The van der Waals surface area contributed by atoms with Gasteiger partial charge in [0.1, 0.15) is 19.3 Å². The van der Waals surface area contributed by atoms with Gasteiger partial charge in [0.2, 0.25) is 0 Å². The zero-order valence-electron chi connectivity index (χ0n) is 32.7. The van der Waals surface area contributed by atoms with Gasteiger partial charge in [0, 0.05) is 33.0 Å². The summed E-state index contributed by atoms with van der Waals surface area (Å²) in [6.45, 7) is 6.08. The van der Waals surface area contributed by atoms with Gasteiger partial charge in [-0.3, -0.25) is 14.4 Å². The van der Waals surface area contributed by atoms with Crippen LogP contribution < -0.4 is 0 Å². The van der Waals surface area contributed by atoms with Crippen molar-refractivity contribution in [2.75, 3.05) is 40.6 Å². The fourth-order valence-electron chi connectivity index (χ4n) is 5.89. The van der Waals surface area contributed by atoms with Gasteiger partial charge in [-0.15, -0.1) is 0 Å². The Labute approximate surface area is 306 Å². The standard InChI is InChI=1S/C42H76O8/c1-5-7-9-11-13-21-27-33-48-40(43)31-25-19-15-17-23-29-39(50-42(45)35-38(36-46-3)37-47-4)30-24-18-16-20-26-32-41(44)49-34-28-22-14-12-10-8-6-2/h21-22,27-28,38-39H,5-20,23-26,29-37H2,1-4H3/b27-21+,28-22+. The Hall–Kier alpha value is -2.19. The lowest BCUT2D eigenvalue weighted by molar-refractivity contribution is -0.152. The second kappa shape index (κ2) is 38.1. The van der Waals surface area contributed by atoms with Gasteiger partial charge < -0.3 is 23.7 Å². The maximum absolute atomic E-state index is 12.8. The molecule has 0 aromatic heterocycles. The van der Waals surface area contributed by atoms with E-state index in [1.54, 1.807) is 14.2 Å². The van der Waals surface area contributed by atoms with Gasteiger partial charge in [0.15, 0.2) is 0 Å². The maximum Gasteiger partial charge on any atom is 0.306 e. The Morgan fingerprint density at radius 1 is 0.500 bits per heavy atom. The van der Waals surface area contributed by atoms with Crippen molar-refractivity contribution in [1.29, 1.82) is 0 Å². The van der Waals surface area contributed by atoms with Crippen molar-refractivity contribution < 1.29 is 38.1 Å². The minimum atomic E-state index is -0.191. The molecule has 0 aromatic rings. The summed E-state index contributed by atoms with van der Waals surface area (Å²) in [5, 5.41) is 0. The highest BCUT2D eigenvalue weighted by molar-refractivity contribution is 5.70. The summed E-state index contributed by atoms with van der Waals surface area (Å²) in [6, 6.07) is 0. The Kier molecular flexibility index (Phi) is 36.4. The van der Waals surface area contributed by atoms with Gasteiger partial charge in [0.25, 0.3) is 0 Å². The van der Waals surface area contributed by atoms with E-state index in [9.17, 15) is 14.4 Å². The van der Waals surface area contributed by atoms with Gasteiger partial charge in [-0.2, -0.15) is 0 Å². The van der Waals surface area contributed by atoms with E-state index >= 15 is 0 Å². The summed E-state index contributed by atoms with van der Waals surface area (Å²) in [7, 11) is 3.26. The van der Waals surface area contributed by atoms with Crippen molar-refractivity contribution >= 4 is 17.9 Å². The van der Waals surface area contributed by atoms with E-state index in [-0.39, 0.29) is 36.4 Å². The van der Waals surface area contributed by atoms with E-state index in [0.29, 0.717) is 39.3 Å². The SMILES string of the molecule is CCCCCC/C=C/COC(=O)CCCCCCCC(CCCCCCCC(=O)OC/C=C/CCCCCC)OC(=O)CC(COC)COC. The lowest BCUT2D eigenvalue weighted by Crippen LogP contribution is -2.24. The van der Waals surface area contributed by atoms with Gasteiger partial charge >= 0.3 is 17.9 Å². The van der Waals surface area contributed by atoms with Crippen LogP contribution in [0.1, 0.15) is 174 Å². The number of carbonyl (C=O) groups is 3. The lowest BCUT2D eigenvalue weighted by Gasteiger charge is -2.20. The topological polar surface area (TPSA) is 97.4 Å². The summed E-state index contributed by atoms with van der Waals surface area (Å²) >= 11 is 0. The maximum atomic E-state index is 12.8. The Morgan fingerprint density at radius 3 is 1.36 bits per heavy atom. The molecule has 0 rings (SSSR count). The van der Waals surface area contributed by atoms with E-state index in [0.717, 1.165) is 89.9 Å². The molecule has 0 spiro atoms. The van der Waals surface area contributed by atoms with Crippen LogP contribution in [-0.4, -0.2) is 64.7 Å². The predicted molar refractivity (Wildman–Crippen MR) is 204 cm³/mol. The van der Waals surface area contributed by atoms with Gasteiger partial charge in [-0.1, -0.05) is 115 Å². The van der Waals surface area contributed by atoms with Crippen LogP contribution in [-0.2, 0) is 38.1 Å². The van der Waals surface area contributed by atoms with Gasteiger partial charge in [0.05, 0.1) is 19.6 Å². The molecule has 0 aliphatic carbocycles. The van der Waals surface area contributed by atoms with Gasteiger partial charge in [-0.25, -0.2) is 0 Å². The highest BCUT2D eigenvalue weighted by Gasteiger charge is 2.19. The first-order chi connectivity index (χ1) is 24.5. The summed E-state index contributed by atoms with van der Waals surface area (Å²) in [5.74, 6) is -0.452. The van der Waals surface area contributed by atoms with Crippen molar-refractivity contribution in [2.24, 2.45) is 5.92 Å². The molecule has 50 heavy (non-hydrogen) atoms. The first-order valence-corrected chi connectivity index (χ1v) is 20.2. The molecule has 0 amide bonds. The number of hydrogen-bond donors (Lipinski definition) is 0. The first kappa shape index (κ1) is 47.8. The number of unbranched alkanes of at least 4 members (excludes halogenated alkanes) is 16. The number of allylic oxidation sites excluding steroid dienone is 2. The van der Waals surface area contributed by atoms with Gasteiger partial charge in [-0.05, 0) is 64.2 Å². The number of carbonyl (C=O) groups excluding carboxylic acids is 3. The molecular weight excluding hydrogens is 632 g/mol. The molecule has 0 radical (unpaired) electrons. The fraction of sp³-hybridized carbons (Fsp3) is 0.833. The molecule has 0 unspecified atom stereocenters. The molecule has 0 atom stereocenters. The monoisotopic (exact) mass is 709 g/mol. The third kappa shape index (κ3) is 34.3. The second-order valence-electron chi connectivity index (χ2n) is 13.7. The normalized spacial score (nSPS) is 11.7. The quantitative estimate of drug-likeness (QED) is 0.0272. The first-order valence-electron chi connectivity index (χ1n) is 20.2. The Morgan fingerprint density at radius 2 is 0.920 bits per heavy atom. The summed E-state index contributed by atoms with van der Waals surface area (Å²) in [5.41, 5.74) is 0. The van der Waals surface area contributed by atoms with Crippen molar-refractivity contribution in [3.63, 3.8) is 0 Å². The molecular formula is C42H76O8. The highest BCUT2D eigenvalue weighted by atomic mass is 16.5. The van der Waals surface area contributed by atoms with Crippen LogP contribution in [0, 0.1) is 5.92 Å². The van der Waals surface area contributed by atoms with Crippen LogP contribution in [0.3, 0.4) is 0 Å². The number of esters is 3. The van der Waals surface area contributed by atoms with E-state index < -0.39 is 0 Å². The molecule has 0 bridgehead atoms. The molecule has 0 aliphatic heterocycles. The van der Waals surface area contributed by atoms with Crippen molar-refractivity contribution in [1.82, 2.24) is 0 Å². The van der Waals surface area contributed by atoms with Crippen molar-refractivity contribution in [3.8, 4) is 0 Å². The molecule has 0 saturated carbocycles. The molecule has 0 fully saturated rings. The molecule has 0 heterocycles. The third-order valence-electron chi connectivity index (χ3n) is 8.84. The minimum Gasteiger partial charge on any atom is -0.462 e. The summed E-state index contributed by atoms with van der Waals surface area (Å²) in [6.07, 6.45) is 32.8. The average Bonchev–Trinajstić information content (AvgIpc) is 3.09. The molecule has 8 nitrogen and oxygen atoms in total. The molecule has 0 aromatic carbocycles. The van der Waals surface area contributed by atoms with E-state index in [1.807, 2.05) is 12.2 Å². The molecule has 0 aliphatic rings. The molecule has 8 heteroatoms. The molecule has 292 valence electrons. The van der Waals surface area contributed by atoms with Crippen LogP contribution in [0.25, 0.3) is 0 Å². The predicted octanol–water partition coefficient (Wildman–Crippen LogP) is 10.8. The zero-order valence-corrected chi connectivity index (χ0v) is 32.7. The van der Waals surface area contributed by atoms with Crippen LogP contribution in [0.5, 0.6) is 0 Å². The zero-order chi connectivity index (χ0) is 36.8. The minimum absolute atomic E-state index is 0.0188. The summed E-state index contributed by atoms with van der Waals surface area (Å²) < 4.78 is 27.1. The van der Waals surface area contributed by atoms with Crippen LogP contribution in [0.2, 0.25) is 0 Å². The number of rotatable bonds is 37. The molecule has 0 N–H and O–H groups in total. The van der Waals surface area contributed by atoms with E-state index in [4.69, 9.17) is 23.7 Å². The highest BCUT2D eigenvalue weighted by Crippen LogP contribution is 2.19. The van der Waals surface area contributed by atoms with Crippen LogP contribution >= 0.6 is 0 Å². The van der Waals surface area contributed by atoms with Crippen LogP contribution in [0.4, 0.5) is 0 Å². The van der Waals surface area contributed by atoms with Crippen molar-refractivity contribution in [2.45, 2.75) is 180 Å². The summed E-state index contributed by atoms with van der Waals surface area (Å²) in [4.78, 5) is 36.8. The lowest BCUT2D eigenvalue weighted by atomic mass is 10.0. The largest absolute Gasteiger partial charge is 0.462 e. The molecule has 0 saturated heterocycles. The number of methoxy groups -OCH3 is 2. The Bertz CT molecular complexity index is 782. The average molecular weight is 709 g/mol. The number of hydrogen-bond acceptors (Lipinski definition) is 8.